The van der Waals surface area contributed by atoms with Crippen molar-refractivity contribution < 1.29 is 4.92 Å². The van der Waals surface area contributed by atoms with Gasteiger partial charge in [-0.2, -0.15) is 0 Å². The Morgan fingerprint density at radius 2 is 2.14 bits per heavy atom. The fourth-order valence-electron chi connectivity index (χ4n) is 1.39. The molecule has 4 nitrogen and oxygen atoms in total. The normalized spacial score (nSPS) is 10.4. The Morgan fingerprint density at radius 3 is 2.86 bits per heavy atom. The molecule has 1 heterocycles. The van der Waals surface area contributed by atoms with Gasteiger partial charge in [0.15, 0.2) is 0 Å². The molecule has 2 rings (SSSR count). The van der Waals surface area contributed by atoms with E-state index >= 15 is 0 Å². The molecule has 0 bridgehead atoms. The van der Waals surface area contributed by atoms with Crippen LogP contribution in [0, 0.1) is 17.0 Å². The molecule has 0 aliphatic heterocycles. The van der Waals surface area contributed by atoms with Crippen LogP contribution >= 0.6 is 0 Å². The molecule has 0 aliphatic carbocycles. The summed E-state index contributed by atoms with van der Waals surface area (Å²) in [6, 6.07) is 6.53. The molecule has 0 saturated heterocycles. The van der Waals surface area contributed by atoms with E-state index in [1.165, 1.54) is 6.07 Å². The zero-order valence-electron chi connectivity index (χ0n) is 7.60. The van der Waals surface area contributed by atoms with Gasteiger partial charge in [0.1, 0.15) is 0 Å². The lowest BCUT2D eigenvalue weighted by Gasteiger charge is -1.99. The van der Waals surface area contributed by atoms with Gasteiger partial charge in [-0.05, 0) is 24.6 Å². The minimum absolute atomic E-state index is 0.105. The van der Waals surface area contributed by atoms with Crippen LogP contribution in [0.2, 0.25) is 0 Å². The Kier molecular flexibility index (Phi) is 1.89. The maximum atomic E-state index is 10.5. The minimum atomic E-state index is -0.397. The molecular weight excluding hydrogens is 180 g/mol. The van der Waals surface area contributed by atoms with Crippen LogP contribution in [0.1, 0.15) is 5.56 Å². The molecule has 0 fully saturated rings. The summed E-state index contributed by atoms with van der Waals surface area (Å²) in [6.45, 7) is 1.91. The molecule has 0 aliphatic rings. The van der Waals surface area contributed by atoms with Gasteiger partial charge in [0.05, 0.1) is 10.4 Å². The average Bonchev–Trinajstić information content (AvgIpc) is 2.18. The Hall–Kier alpha value is -1.97. The third kappa shape index (κ3) is 1.31. The minimum Gasteiger partial charge on any atom is -0.258 e. The summed E-state index contributed by atoms with van der Waals surface area (Å²) in [4.78, 5) is 14.3. The Balaban J connectivity index is 2.76. The van der Waals surface area contributed by atoms with Gasteiger partial charge >= 0.3 is 0 Å². The topological polar surface area (TPSA) is 56.0 Å². The van der Waals surface area contributed by atoms with Crippen LogP contribution in [0.15, 0.2) is 30.5 Å². The van der Waals surface area contributed by atoms with Crippen molar-refractivity contribution in [2.75, 3.05) is 0 Å². The van der Waals surface area contributed by atoms with Crippen molar-refractivity contribution in [3.8, 4) is 0 Å². The molecule has 70 valence electrons. The molecule has 1 aromatic carbocycles. The Morgan fingerprint density at radius 1 is 1.36 bits per heavy atom. The highest BCUT2D eigenvalue weighted by Crippen LogP contribution is 2.21. The van der Waals surface area contributed by atoms with Crippen LogP contribution in [0.5, 0.6) is 0 Å². The number of nitro groups is 1. The van der Waals surface area contributed by atoms with Gasteiger partial charge in [0, 0.05) is 23.7 Å². The van der Waals surface area contributed by atoms with E-state index in [2.05, 4.69) is 4.98 Å². The highest BCUT2D eigenvalue weighted by Gasteiger charge is 2.07. The first-order valence-electron chi connectivity index (χ1n) is 4.18. The third-order valence-electron chi connectivity index (χ3n) is 2.15. The second-order valence-electron chi connectivity index (χ2n) is 3.09. The third-order valence-corrected chi connectivity index (χ3v) is 2.15. The SMILES string of the molecule is Cc1ccnc2ccc([N+](=O)[O-])cc12. The zero-order chi connectivity index (χ0) is 10.1. The van der Waals surface area contributed by atoms with E-state index in [0.29, 0.717) is 0 Å². The number of nitrogens with zero attached hydrogens (tertiary/aromatic N) is 2. The Bertz CT molecular complexity index is 508. The van der Waals surface area contributed by atoms with Crippen molar-refractivity contribution in [1.82, 2.24) is 4.98 Å². The van der Waals surface area contributed by atoms with Crippen LogP contribution in [0.3, 0.4) is 0 Å². The number of aromatic nitrogens is 1. The Labute approximate surface area is 80.4 Å². The number of rotatable bonds is 1. The van der Waals surface area contributed by atoms with Gasteiger partial charge in [-0.25, -0.2) is 0 Å². The van der Waals surface area contributed by atoms with Crippen molar-refractivity contribution in [3.63, 3.8) is 0 Å². The number of non-ortho nitro benzene ring substituents is 1. The lowest BCUT2D eigenvalue weighted by Crippen LogP contribution is -1.89. The van der Waals surface area contributed by atoms with Gasteiger partial charge in [0.25, 0.3) is 5.69 Å². The van der Waals surface area contributed by atoms with E-state index in [4.69, 9.17) is 0 Å². The standard InChI is InChI=1S/C10H8N2O2/c1-7-4-5-11-10-3-2-8(12(13)14)6-9(7)10/h2-6H,1H3. The van der Waals surface area contributed by atoms with Crippen molar-refractivity contribution >= 4 is 16.6 Å². The van der Waals surface area contributed by atoms with E-state index in [0.717, 1.165) is 16.5 Å². The van der Waals surface area contributed by atoms with Gasteiger partial charge in [-0.3, -0.25) is 15.1 Å². The molecule has 2 aromatic rings. The van der Waals surface area contributed by atoms with Gasteiger partial charge in [0.2, 0.25) is 0 Å². The summed E-state index contributed by atoms with van der Waals surface area (Å²) >= 11 is 0. The molecule has 0 atom stereocenters. The van der Waals surface area contributed by atoms with Crippen LogP contribution in [0.4, 0.5) is 5.69 Å². The molecular formula is C10H8N2O2. The molecule has 0 amide bonds. The zero-order valence-corrected chi connectivity index (χ0v) is 7.60. The number of hydrogen-bond donors (Lipinski definition) is 0. The molecule has 0 saturated carbocycles. The maximum Gasteiger partial charge on any atom is 0.270 e. The van der Waals surface area contributed by atoms with E-state index in [1.807, 2.05) is 13.0 Å². The molecule has 0 spiro atoms. The van der Waals surface area contributed by atoms with E-state index < -0.39 is 4.92 Å². The predicted molar refractivity (Wildman–Crippen MR) is 53.1 cm³/mol. The van der Waals surface area contributed by atoms with Crippen LogP contribution in [0.25, 0.3) is 10.9 Å². The van der Waals surface area contributed by atoms with Crippen LogP contribution in [-0.4, -0.2) is 9.91 Å². The van der Waals surface area contributed by atoms with Crippen molar-refractivity contribution in [3.05, 3.63) is 46.1 Å². The number of aryl methyl sites for hydroxylation is 1. The number of benzene rings is 1. The summed E-state index contributed by atoms with van der Waals surface area (Å²) in [5.41, 5.74) is 1.89. The maximum absolute atomic E-state index is 10.5. The van der Waals surface area contributed by atoms with Crippen molar-refractivity contribution in [2.24, 2.45) is 0 Å². The van der Waals surface area contributed by atoms with E-state index in [-0.39, 0.29) is 5.69 Å². The first-order chi connectivity index (χ1) is 6.68. The van der Waals surface area contributed by atoms with Gasteiger partial charge in [-0.15, -0.1) is 0 Å². The number of nitro benzene ring substituents is 1. The molecule has 1 aromatic heterocycles. The number of pyridine rings is 1. The monoisotopic (exact) mass is 188 g/mol. The predicted octanol–water partition coefficient (Wildman–Crippen LogP) is 2.45. The highest BCUT2D eigenvalue weighted by atomic mass is 16.6. The highest BCUT2D eigenvalue weighted by molar-refractivity contribution is 5.83. The van der Waals surface area contributed by atoms with Crippen LogP contribution < -0.4 is 0 Å². The molecule has 0 unspecified atom stereocenters. The molecule has 4 heteroatoms. The average molecular weight is 188 g/mol. The van der Waals surface area contributed by atoms with E-state index in [1.54, 1.807) is 18.3 Å². The summed E-state index contributed by atoms with van der Waals surface area (Å²) in [5, 5.41) is 11.4. The second kappa shape index (κ2) is 3.06. The van der Waals surface area contributed by atoms with Gasteiger partial charge < -0.3 is 0 Å². The quantitative estimate of drug-likeness (QED) is 0.510. The summed E-state index contributed by atoms with van der Waals surface area (Å²) in [6.07, 6.45) is 1.70. The number of fused-ring (bicyclic) bond motifs is 1. The summed E-state index contributed by atoms with van der Waals surface area (Å²) in [7, 11) is 0. The van der Waals surface area contributed by atoms with Crippen molar-refractivity contribution in [2.45, 2.75) is 6.92 Å². The smallest absolute Gasteiger partial charge is 0.258 e. The molecule has 0 N–H and O–H groups in total. The fourth-order valence-corrected chi connectivity index (χ4v) is 1.39. The summed E-state index contributed by atoms with van der Waals surface area (Å²) in [5.74, 6) is 0. The molecule has 0 radical (unpaired) electrons. The first kappa shape index (κ1) is 8.62. The first-order valence-corrected chi connectivity index (χ1v) is 4.18. The van der Waals surface area contributed by atoms with Gasteiger partial charge in [-0.1, -0.05) is 0 Å². The lowest BCUT2D eigenvalue weighted by atomic mass is 10.1. The molecule has 14 heavy (non-hydrogen) atoms. The van der Waals surface area contributed by atoms with Crippen LogP contribution in [-0.2, 0) is 0 Å². The number of hydrogen-bond acceptors (Lipinski definition) is 3. The largest absolute Gasteiger partial charge is 0.270 e. The fraction of sp³-hybridized carbons (Fsp3) is 0.100. The van der Waals surface area contributed by atoms with Crippen molar-refractivity contribution in [1.29, 1.82) is 0 Å². The second-order valence-corrected chi connectivity index (χ2v) is 3.09. The lowest BCUT2D eigenvalue weighted by molar-refractivity contribution is -0.384. The van der Waals surface area contributed by atoms with E-state index in [9.17, 15) is 10.1 Å². The summed E-state index contributed by atoms with van der Waals surface area (Å²) < 4.78 is 0.